The molecule has 7 heteroatoms. The van der Waals surface area contributed by atoms with E-state index in [1.807, 2.05) is 19.6 Å². The number of carbonyl (C=O) groups is 1. The lowest BCUT2D eigenvalue weighted by atomic mass is 10.4. The number of ether oxygens (including phenoxy) is 1. The van der Waals surface area contributed by atoms with Crippen LogP contribution in [-0.4, -0.2) is 27.5 Å². The molecule has 0 saturated heterocycles. The molecular formula is C10H21O5PSi. The lowest BCUT2D eigenvalue weighted by molar-refractivity contribution is -0.139. The Morgan fingerprint density at radius 2 is 1.88 bits per heavy atom. The highest BCUT2D eigenvalue weighted by molar-refractivity contribution is 7.35. The Hall–Kier alpha value is -0.423. The van der Waals surface area contributed by atoms with Crippen LogP contribution in [0.15, 0.2) is 12.2 Å². The molecule has 0 bridgehead atoms. The zero-order chi connectivity index (χ0) is 13.5. The van der Waals surface area contributed by atoms with Crippen LogP contribution in [0.1, 0.15) is 13.3 Å². The van der Waals surface area contributed by atoms with Gasteiger partial charge in [0, 0.05) is 12.0 Å². The van der Waals surface area contributed by atoms with Crippen LogP contribution in [0, 0.1) is 0 Å². The fourth-order valence-corrected chi connectivity index (χ4v) is 3.33. The summed E-state index contributed by atoms with van der Waals surface area (Å²) in [5, 5.41) is 0. The number of hydrogen-bond donors (Lipinski definition) is 0. The van der Waals surface area contributed by atoms with Crippen LogP contribution < -0.4 is 0 Å². The lowest BCUT2D eigenvalue weighted by Crippen LogP contribution is -2.21. The van der Waals surface area contributed by atoms with E-state index in [4.69, 9.17) is 13.5 Å². The Kier molecular flexibility index (Phi) is 7.62. The highest BCUT2D eigenvalue weighted by atomic mass is 31.1. The third kappa shape index (κ3) is 10.4. The number of esters is 1. The molecule has 1 atom stereocenters. The second-order valence-corrected chi connectivity index (χ2v) is 10.4. The molecule has 0 aromatic rings. The van der Waals surface area contributed by atoms with Gasteiger partial charge in [0.05, 0.1) is 13.2 Å². The molecular weight excluding hydrogens is 259 g/mol. The molecule has 0 aromatic carbocycles. The van der Waals surface area contributed by atoms with E-state index in [2.05, 4.69) is 6.58 Å². The molecule has 0 spiro atoms. The van der Waals surface area contributed by atoms with Gasteiger partial charge < -0.3 is 13.5 Å². The molecule has 0 aromatic heterocycles. The predicted molar refractivity (Wildman–Crippen MR) is 69.8 cm³/mol. The SMILES string of the molecule is C=C(C)C(=O)OCCCO[PH](=O)O[Si](C)(C)C. The van der Waals surface area contributed by atoms with Gasteiger partial charge in [0.25, 0.3) is 0 Å². The summed E-state index contributed by atoms with van der Waals surface area (Å²) < 4.78 is 26.4. The normalized spacial score (nSPS) is 13.2. The third-order valence-corrected chi connectivity index (χ3v) is 5.04. The summed E-state index contributed by atoms with van der Waals surface area (Å²) in [6, 6.07) is 0. The average Bonchev–Trinajstić information content (AvgIpc) is 2.13. The van der Waals surface area contributed by atoms with Gasteiger partial charge in [0.2, 0.25) is 0 Å². The molecule has 0 amide bonds. The van der Waals surface area contributed by atoms with Crippen LogP contribution in [0.2, 0.25) is 19.6 Å². The molecule has 0 fully saturated rings. The van der Waals surface area contributed by atoms with Crippen molar-refractivity contribution in [3.8, 4) is 0 Å². The monoisotopic (exact) mass is 280 g/mol. The summed E-state index contributed by atoms with van der Waals surface area (Å²) in [6.07, 6.45) is 0.491. The highest BCUT2D eigenvalue weighted by Crippen LogP contribution is 2.29. The smallest absolute Gasteiger partial charge is 0.333 e. The molecule has 0 rings (SSSR count). The van der Waals surface area contributed by atoms with Crippen molar-refractivity contribution in [1.29, 1.82) is 0 Å². The van der Waals surface area contributed by atoms with Crippen LogP contribution in [0.5, 0.6) is 0 Å². The third-order valence-electron chi connectivity index (χ3n) is 1.48. The van der Waals surface area contributed by atoms with Crippen molar-refractivity contribution in [3.63, 3.8) is 0 Å². The van der Waals surface area contributed by atoms with Gasteiger partial charge >= 0.3 is 14.2 Å². The first-order chi connectivity index (χ1) is 7.72. The van der Waals surface area contributed by atoms with Gasteiger partial charge in [-0.2, -0.15) is 0 Å². The Morgan fingerprint density at radius 1 is 1.29 bits per heavy atom. The second kappa shape index (κ2) is 7.82. The Bertz CT molecular complexity index is 298. The fraction of sp³-hybridized carbons (Fsp3) is 0.700. The summed E-state index contributed by atoms with van der Waals surface area (Å²) in [6.45, 7) is 11.3. The Balaban J connectivity index is 3.56. The molecule has 0 N–H and O–H groups in total. The van der Waals surface area contributed by atoms with E-state index in [0.29, 0.717) is 12.0 Å². The molecule has 100 valence electrons. The van der Waals surface area contributed by atoms with Crippen LogP contribution >= 0.6 is 8.25 Å². The van der Waals surface area contributed by atoms with E-state index in [-0.39, 0.29) is 13.2 Å². The van der Waals surface area contributed by atoms with Crippen LogP contribution in [0.3, 0.4) is 0 Å². The highest BCUT2D eigenvalue weighted by Gasteiger charge is 2.18. The summed E-state index contributed by atoms with van der Waals surface area (Å²) in [7, 11) is -4.22. The maximum absolute atomic E-state index is 11.3. The van der Waals surface area contributed by atoms with Crippen molar-refractivity contribution in [1.82, 2.24) is 0 Å². The predicted octanol–water partition coefficient (Wildman–Crippen LogP) is 2.75. The molecule has 0 aliphatic rings. The minimum atomic E-state index is -2.41. The van der Waals surface area contributed by atoms with Gasteiger partial charge in [-0.15, -0.1) is 0 Å². The first-order valence-corrected chi connectivity index (χ1v) is 10.0. The van der Waals surface area contributed by atoms with Crippen molar-refractivity contribution < 1.29 is 22.8 Å². The van der Waals surface area contributed by atoms with Crippen LogP contribution in [0.25, 0.3) is 0 Å². The van der Waals surface area contributed by atoms with Gasteiger partial charge in [-0.3, -0.25) is 4.57 Å². The largest absolute Gasteiger partial charge is 0.462 e. The lowest BCUT2D eigenvalue weighted by Gasteiger charge is -2.16. The summed E-state index contributed by atoms with van der Waals surface area (Å²) in [5.41, 5.74) is 0.363. The van der Waals surface area contributed by atoms with Crippen molar-refractivity contribution in [3.05, 3.63) is 12.2 Å². The van der Waals surface area contributed by atoms with E-state index in [9.17, 15) is 9.36 Å². The topological polar surface area (TPSA) is 61.8 Å². The van der Waals surface area contributed by atoms with Gasteiger partial charge in [0.1, 0.15) is 0 Å². The first-order valence-electron chi connectivity index (χ1n) is 5.41. The molecule has 0 aliphatic heterocycles. The van der Waals surface area contributed by atoms with Crippen LogP contribution in [-0.2, 0) is 22.8 Å². The molecule has 17 heavy (non-hydrogen) atoms. The van der Waals surface area contributed by atoms with E-state index in [0.717, 1.165) is 0 Å². The maximum Gasteiger partial charge on any atom is 0.333 e. The average molecular weight is 280 g/mol. The zero-order valence-electron chi connectivity index (χ0n) is 10.9. The molecule has 0 heterocycles. The van der Waals surface area contributed by atoms with E-state index < -0.39 is 22.5 Å². The van der Waals surface area contributed by atoms with E-state index in [1.54, 1.807) is 6.92 Å². The fourth-order valence-electron chi connectivity index (χ4n) is 0.782. The number of rotatable bonds is 8. The van der Waals surface area contributed by atoms with E-state index in [1.165, 1.54) is 0 Å². The second-order valence-electron chi connectivity index (χ2n) is 4.58. The minimum Gasteiger partial charge on any atom is -0.462 e. The summed E-state index contributed by atoms with van der Waals surface area (Å²) in [5.74, 6) is -0.420. The molecule has 0 aliphatic carbocycles. The van der Waals surface area contributed by atoms with Gasteiger partial charge in [-0.05, 0) is 26.6 Å². The standard InChI is InChI=1S/C10H21O5PSi/c1-9(2)10(11)13-7-6-8-14-16(12)15-17(3,4)5/h16H,1,6-8H2,2-5H3. The zero-order valence-corrected chi connectivity index (χ0v) is 12.9. The van der Waals surface area contributed by atoms with Crippen molar-refractivity contribution in [2.75, 3.05) is 13.2 Å². The molecule has 1 unspecified atom stereocenters. The van der Waals surface area contributed by atoms with Gasteiger partial charge in [-0.25, -0.2) is 4.79 Å². The van der Waals surface area contributed by atoms with Gasteiger partial charge in [-0.1, -0.05) is 6.58 Å². The number of hydrogen-bond acceptors (Lipinski definition) is 5. The Morgan fingerprint density at radius 3 is 2.35 bits per heavy atom. The number of carbonyl (C=O) groups excluding carboxylic acids is 1. The Labute approximate surface area is 104 Å². The molecule has 5 nitrogen and oxygen atoms in total. The first kappa shape index (κ1) is 16.6. The van der Waals surface area contributed by atoms with Crippen molar-refractivity contribution in [2.45, 2.75) is 33.0 Å². The summed E-state index contributed by atoms with van der Waals surface area (Å²) in [4.78, 5) is 11.0. The van der Waals surface area contributed by atoms with Crippen molar-refractivity contribution >= 4 is 22.5 Å². The minimum absolute atomic E-state index is 0.230. The van der Waals surface area contributed by atoms with E-state index >= 15 is 0 Å². The van der Waals surface area contributed by atoms with Crippen molar-refractivity contribution in [2.24, 2.45) is 0 Å². The quantitative estimate of drug-likeness (QED) is 0.225. The van der Waals surface area contributed by atoms with Gasteiger partial charge in [0.15, 0.2) is 8.32 Å². The summed E-state index contributed by atoms with van der Waals surface area (Å²) >= 11 is 0. The molecule has 0 radical (unpaired) electrons. The molecule has 0 saturated carbocycles. The maximum atomic E-state index is 11.3. The van der Waals surface area contributed by atoms with Crippen LogP contribution in [0.4, 0.5) is 0 Å².